The first-order valence-corrected chi connectivity index (χ1v) is 6.30. The van der Waals surface area contributed by atoms with Gasteiger partial charge in [-0.25, -0.2) is 9.37 Å². The van der Waals surface area contributed by atoms with E-state index in [2.05, 4.69) is 20.6 Å². The summed E-state index contributed by atoms with van der Waals surface area (Å²) in [6, 6.07) is 5.61. The zero-order valence-corrected chi connectivity index (χ0v) is 11.6. The monoisotopic (exact) mass is 291 g/mol. The fourth-order valence-corrected chi connectivity index (χ4v) is 1.81. The van der Waals surface area contributed by atoms with E-state index in [1.807, 2.05) is 6.92 Å². The van der Waals surface area contributed by atoms with Crippen LogP contribution in [0.2, 0.25) is 0 Å². The molecular formula is C13H14FN5O2. The zero-order chi connectivity index (χ0) is 15.4. The predicted molar refractivity (Wildman–Crippen MR) is 77.3 cm³/mol. The van der Waals surface area contributed by atoms with Crippen LogP contribution in [0.25, 0.3) is 0 Å². The third-order valence-electron chi connectivity index (χ3n) is 2.66. The Morgan fingerprint density at radius 3 is 2.76 bits per heavy atom. The number of nitrogens with zero attached hydrogens (tertiary/aromatic N) is 3. The van der Waals surface area contributed by atoms with E-state index in [1.165, 1.54) is 25.1 Å². The smallest absolute Gasteiger partial charge is 0.332 e. The molecule has 21 heavy (non-hydrogen) atoms. The van der Waals surface area contributed by atoms with E-state index in [0.29, 0.717) is 12.2 Å². The van der Waals surface area contributed by atoms with Gasteiger partial charge in [-0.3, -0.25) is 10.1 Å². The number of benzene rings is 1. The van der Waals surface area contributed by atoms with E-state index < -0.39 is 10.7 Å². The van der Waals surface area contributed by atoms with Gasteiger partial charge in [0.1, 0.15) is 11.5 Å². The highest BCUT2D eigenvalue weighted by Gasteiger charge is 2.22. The minimum Gasteiger partial charge on any atom is -0.354 e. The van der Waals surface area contributed by atoms with Crippen molar-refractivity contribution >= 4 is 23.1 Å². The zero-order valence-electron chi connectivity index (χ0n) is 11.6. The fourth-order valence-electron chi connectivity index (χ4n) is 1.81. The number of hydrogen-bond acceptors (Lipinski definition) is 6. The minimum atomic E-state index is -0.563. The van der Waals surface area contributed by atoms with Gasteiger partial charge in [0.25, 0.3) is 0 Å². The molecule has 0 aliphatic rings. The first-order chi connectivity index (χ1) is 10.0. The average molecular weight is 291 g/mol. The first-order valence-electron chi connectivity index (χ1n) is 6.30. The van der Waals surface area contributed by atoms with Crippen LogP contribution in [-0.2, 0) is 0 Å². The van der Waals surface area contributed by atoms with Gasteiger partial charge < -0.3 is 10.6 Å². The lowest BCUT2D eigenvalue weighted by Crippen LogP contribution is -2.09. The van der Waals surface area contributed by atoms with Crippen molar-refractivity contribution in [2.24, 2.45) is 0 Å². The molecule has 0 aliphatic carbocycles. The summed E-state index contributed by atoms with van der Waals surface area (Å²) in [4.78, 5) is 18.7. The van der Waals surface area contributed by atoms with Gasteiger partial charge in [-0.05, 0) is 32.0 Å². The fraction of sp³-hybridized carbons (Fsp3) is 0.231. The summed E-state index contributed by atoms with van der Waals surface area (Å²) in [7, 11) is 0. The Labute approximate surface area is 120 Å². The largest absolute Gasteiger partial charge is 0.354 e. The molecule has 1 heterocycles. The Morgan fingerprint density at radius 2 is 2.14 bits per heavy atom. The highest BCUT2D eigenvalue weighted by atomic mass is 19.1. The van der Waals surface area contributed by atoms with Crippen molar-refractivity contribution in [2.45, 2.75) is 13.8 Å². The molecule has 0 bridgehead atoms. The van der Waals surface area contributed by atoms with E-state index in [9.17, 15) is 14.5 Å². The molecule has 0 saturated carbocycles. The van der Waals surface area contributed by atoms with Gasteiger partial charge in [0.05, 0.1) is 4.92 Å². The van der Waals surface area contributed by atoms with Crippen LogP contribution in [0.15, 0.2) is 24.3 Å². The Morgan fingerprint density at radius 1 is 1.38 bits per heavy atom. The Kier molecular flexibility index (Phi) is 4.27. The Bertz CT molecular complexity index is 678. The Balaban J connectivity index is 2.46. The maximum Gasteiger partial charge on any atom is 0.332 e. The maximum absolute atomic E-state index is 13.2. The molecule has 110 valence electrons. The molecule has 0 fully saturated rings. The van der Waals surface area contributed by atoms with Crippen molar-refractivity contribution in [1.29, 1.82) is 0 Å². The van der Waals surface area contributed by atoms with Crippen LogP contribution in [-0.4, -0.2) is 21.4 Å². The molecular weight excluding hydrogens is 277 g/mol. The molecule has 7 nitrogen and oxygen atoms in total. The van der Waals surface area contributed by atoms with Gasteiger partial charge in [0, 0.05) is 12.2 Å². The number of aryl methyl sites for hydroxylation is 1. The summed E-state index contributed by atoms with van der Waals surface area (Å²) >= 11 is 0. The summed E-state index contributed by atoms with van der Waals surface area (Å²) in [5.74, 6) is -0.145. The van der Waals surface area contributed by atoms with E-state index in [-0.39, 0.29) is 23.1 Å². The number of rotatable bonds is 5. The quantitative estimate of drug-likeness (QED) is 0.649. The van der Waals surface area contributed by atoms with Gasteiger partial charge >= 0.3 is 5.69 Å². The Hall–Kier alpha value is -2.77. The molecule has 0 saturated heterocycles. The summed E-state index contributed by atoms with van der Waals surface area (Å²) in [6.07, 6.45) is 0. The van der Waals surface area contributed by atoms with Gasteiger partial charge in [-0.15, -0.1) is 0 Å². The number of anilines is 3. The van der Waals surface area contributed by atoms with Crippen molar-refractivity contribution < 1.29 is 9.31 Å². The number of aromatic nitrogens is 2. The van der Waals surface area contributed by atoms with Gasteiger partial charge in [-0.1, -0.05) is 6.07 Å². The highest BCUT2D eigenvalue weighted by Crippen LogP contribution is 2.29. The van der Waals surface area contributed by atoms with Crippen LogP contribution in [0.1, 0.15) is 12.6 Å². The van der Waals surface area contributed by atoms with E-state index in [0.717, 1.165) is 0 Å². The molecule has 2 rings (SSSR count). The summed E-state index contributed by atoms with van der Waals surface area (Å²) in [6.45, 7) is 3.97. The lowest BCUT2D eigenvalue weighted by Gasteiger charge is -2.10. The standard InChI is InChI=1S/C13H14FN5O2/c1-3-15-13-16-8(2)11(19(20)21)12(18-13)17-10-6-4-5-9(14)7-10/h4-7H,3H2,1-2H3,(H2,15,16,17,18). The number of nitro groups is 1. The van der Waals surface area contributed by atoms with Crippen molar-refractivity contribution in [1.82, 2.24) is 9.97 Å². The molecule has 0 radical (unpaired) electrons. The lowest BCUT2D eigenvalue weighted by molar-refractivity contribution is -0.385. The second kappa shape index (κ2) is 6.12. The van der Waals surface area contributed by atoms with Gasteiger partial charge in [0.2, 0.25) is 11.8 Å². The summed E-state index contributed by atoms with van der Waals surface area (Å²) < 4.78 is 13.2. The molecule has 0 unspecified atom stereocenters. The van der Waals surface area contributed by atoms with E-state index in [1.54, 1.807) is 6.07 Å². The predicted octanol–water partition coefficient (Wildman–Crippen LogP) is 3.01. The van der Waals surface area contributed by atoms with E-state index >= 15 is 0 Å². The second-order valence-corrected chi connectivity index (χ2v) is 4.25. The molecule has 8 heteroatoms. The van der Waals surface area contributed by atoms with Crippen LogP contribution < -0.4 is 10.6 Å². The summed E-state index contributed by atoms with van der Waals surface area (Å²) in [5, 5.41) is 16.8. The van der Waals surface area contributed by atoms with E-state index in [4.69, 9.17) is 0 Å². The van der Waals surface area contributed by atoms with Crippen molar-refractivity contribution in [3.63, 3.8) is 0 Å². The molecule has 0 atom stereocenters. The van der Waals surface area contributed by atoms with Crippen LogP contribution in [0.5, 0.6) is 0 Å². The molecule has 2 aromatic rings. The number of hydrogen-bond donors (Lipinski definition) is 2. The third-order valence-corrected chi connectivity index (χ3v) is 2.66. The maximum atomic E-state index is 13.2. The molecule has 0 spiro atoms. The van der Waals surface area contributed by atoms with Gasteiger partial charge in [-0.2, -0.15) is 4.98 Å². The van der Waals surface area contributed by atoms with Gasteiger partial charge in [0.15, 0.2) is 0 Å². The van der Waals surface area contributed by atoms with Crippen molar-refractivity contribution in [2.75, 3.05) is 17.2 Å². The topological polar surface area (TPSA) is 93.0 Å². The number of nitrogens with one attached hydrogen (secondary N) is 2. The van der Waals surface area contributed by atoms with Crippen molar-refractivity contribution in [3.8, 4) is 0 Å². The molecule has 1 aromatic carbocycles. The van der Waals surface area contributed by atoms with Crippen molar-refractivity contribution in [3.05, 3.63) is 45.9 Å². The molecule has 0 amide bonds. The summed E-state index contributed by atoms with van der Waals surface area (Å²) in [5.41, 5.74) is 0.365. The van der Waals surface area contributed by atoms with Crippen LogP contribution in [0.3, 0.4) is 0 Å². The average Bonchev–Trinajstić information content (AvgIpc) is 2.38. The first kappa shape index (κ1) is 14.6. The molecule has 0 aliphatic heterocycles. The SMILES string of the molecule is CCNc1nc(C)c([N+](=O)[O-])c(Nc2cccc(F)c2)n1. The minimum absolute atomic E-state index is 0.0223. The highest BCUT2D eigenvalue weighted by molar-refractivity contribution is 5.68. The molecule has 2 N–H and O–H groups in total. The number of halogens is 1. The normalized spacial score (nSPS) is 10.2. The van der Waals surface area contributed by atoms with Crippen LogP contribution >= 0.6 is 0 Å². The molecule has 1 aromatic heterocycles. The van der Waals surface area contributed by atoms with Crippen LogP contribution in [0.4, 0.5) is 27.5 Å². The third kappa shape index (κ3) is 3.41. The second-order valence-electron chi connectivity index (χ2n) is 4.25. The lowest BCUT2D eigenvalue weighted by atomic mass is 10.3. The van der Waals surface area contributed by atoms with Crippen LogP contribution in [0, 0.1) is 22.9 Å².